The minimum Gasteiger partial charge on any atom is -0.300 e. The first-order valence-corrected chi connectivity index (χ1v) is 5.30. The predicted octanol–water partition coefficient (Wildman–Crippen LogP) is 2.70. The molecule has 0 radical (unpaired) electrons. The molecule has 2 atom stereocenters. The summed E-state index contributed by atoms with van der Waals surface area (Å²) in [5.41, 5.74) is -0.288. The van der Waals surface area contributed by atoms with Crippen LogP contribution >= 0.6 is 0 Å². The van der Waals surface area contributed by atoms with Crippen molar-refractivity contribution < 1.29 is 0 Å². The summed E-state index contributed by atoms with van der Waals surface area (Å²) < 4.78 is 0. The van der Waals surface area contributed by atoms with Crippen molar-refractivity contribution in [2.45, 2.75) is 52.5 Å². The lowest BCUT2D eigenvalue weighted by molar-refractivity contribution is 0.319. The third kappa shape index (κ3) is 3.78. The summed E-state index contributed by atoms with van der Waals surface area (Å²) in [4.78, 5) is 0. The molecule has 0 heterocycles. The second-order valence-electron chi connectivity index (χ2n) is 3.80. The summed E-state index contributed by atoms with van der Waals surface area (Å²) >= 11 is 0. The van der Waals surface area contributed by atoms with Crippen molar-refractivity contribution in [3.8, 4) is 6.07 Å². The zero-order valence-electron chi connectivity index (χ0n) is 9.35. The number of hydrogen-bond acceptors (Lipinski definition) is 2. The van der Waals surface area contributed by atoms with Crippen molar-refractivity contribution in [2.75, 3.05) is 6.54 Å². The zero-order chi connectivity index (χ0) is 10.3. The van der Waals surface area contributed by atoms with E-state index in [-0.39, 0.29) is 5.54 Å². The largest absolute Gasteiger partial charge is 0.300 e. The van der Waals surface area contributed by atoms with Crippen LogP contribution in [0, 0.1) is 17.2 Å². The van der Waals surface area contributed by atoms with E-state index in [0.717, 1.165) is 25.8 Å². The molecule has 0 aliphatic heterocycles. The molecular weight excluding hydrogens is 160 g/mol. The molecule has 0 aromatic carbocycles. The molecule has 0 amide bonds. The van der Waals surface area contributed by atoms with Gasteiger partial charge in [0.25, 0.3) is 0 Å². The average Bonchev–Trinajstić information content (AvgIpc) is 2.17. The van der Waals surface area contributed by atoms with Gasteiger partial charge in [0.05, 0.1) is 6.07 Å². The van der Waals surface area contributed by atoms with Crippen molar-refractivity contribution in [3.63, 3.8) is 0 Å². The highest BCUT2D eigenvalue weighted by Crippen LogP contribution is 2.21. The lowest BCUT2D eigenvalue weighted by Gasteiger charge is -2.28. The maximum atomic E-state index is 9.14. The maximum absolute atomic E-state index is 9.14. The quantitative estimate of drug-likeness (QED) is 0.685. The molecule has 76 valence electrons. The van der Waals surface area contributed by atoms with Crippen LogP contribution in [0.25, 0.3) is 0 Å². The standard InChI is InChI=1S/C11H22N2/c1-5-10(4)8-11(6-2,9-12)13-7-3/h10,13H,5-8H2,1-4H3. The summed E-state index contributed by atoms with van der Waals surface area (Å²) in [5.74, 6) is 0.624. The molecule has 0 spiro atoms. The van der Waals surface area contributed by atoms with Gasteiger partial charge in [-0.25, -0.2) is 0 Å². The van der Waals surface area contributed by atoms with Crippen molar-refractivity contribution in [1.29, 1.82) is 5.26 Å². The van der Waals surface area contributed by atoms with E-state index in [1.807, 2.05) is 0 Å². The number of nitrogens with one attached hydrogen (secondary N) is 1. The van der Waals surface area contributed by atoms with Crippen LogP contribution in [0.2, 0.25) is 0 Å². The first-order valence-electron chi connectivity index (χ1n) is 5.30. The lowest BCUT2D eigenvalue weighted by Crippen LogP contribution is -2.44. The second-order valence-corrected chi connectivity index (χ2v) is 3.80. The van der Waals surface area contributed by atoms with E-state index in [0.29, 0.717) is 5.92 Å². The Morgan fingerprint density at radius 1 is 1.38 bits per heavy atom. The van der Waals surface area contributed by atoms with Gasteiger partial charge < -0.3 is 0 Å². The summed E-state index contributed by atoms with van der Waals surface area (Å²) in [5, 5.41) is 12.4. The van der Waals surface area contributed by atoms with E-state index in [1.165, 1.54) is 0 Å². The molecule has 2 heteroatoms. The fourth-order valence-electron chi connectivity index (χ4n) is 1.58. The van der Waals surface area contributed by atoms with Gasteiger partial charge in [0.1, 0.15) is 5.54 Å². The molecule has 0 saturated heterocycles. The van der Waals surface area contributed by atoms with Crippen LogP contribution in [0.15, 0.2) is 0 Å². The highest BCUT2D eigenvalue weighted by Gasteiger charge is 2.28. The first-order chi connectivity index (χ1) is 6.14. The monoisotopic (exact) mass is 182 g/mol. The van der Waals surface area contributed by atoms with Crippen LogP contribution < -0.4 is 5.32 Å². The molecule has 0 aliphatic rings. The summed E-state index contributed by atoms with van der Waals surface area (Å²) in [6.07, 6.45) is 3.00. The third-order valence-corrected chi connectivity index (χ3v) is 2.73. The Hall–Kier alpha value is -0.550. The normalized spacial score (nSPS) is 17.5. The van der Waals surface area contributed by atoms with E-state index in [4.69, 9.17) is 5.26 Å². The number of rotatable bonds is 6. The number of hydrogen-bond donors (Lipinski definition) is 1. The lowest BCUT2D eigenvalue weighted by atomic mass is 9.86. The second kappa shape index (κ2) is 5.99. The molecule has 0 saturated carbocycles. The van der Waals surface area contributed by atoms with Crippen LogP contribution in [0.1, 0.15) is 47.0 Å². The van der Waals surface area contributed by atoms with Gasteiger partial charge in [0, 0.05) is 0 Å². The van der Waals surface area contributed by atoms with Crippen molar-refractivity contribution in [2.24, 2.45) is 5.92 Å². The zero-order valence-corrected chi connectivity index (χ0v) is 9.35. The molecule has 0 bridgehead atoms. The maximum Gasteiger partial charge on any atom is 0.106 e. The molecule has 0 aromatic heterocycles. The van der Waals surface area contributed by atoms with Gasteiger partial charge in [-0.05, 0) is 25.3 Å². The summed E-state index contributed by atoms with van der Waals surface area (Å²) in [6, 6.07) is 2.42. The molecule has 2 unspecified atom stereocenters. The van der Waals surface area contributed by atoms with Crippen molar-refractivity contribution >= 4 is 0 Å². The van der Waals surface area contributed by atoms with E-state index < -0.39 is 0 Å². The fraction of sp³-hybridized carbons (Fsp3) is 0.909. The van der Waals surface area contributed by atoms with E-state index in [9.17, 15) is 0 Å². The van der Waals surface area contributed by atoms with Gasteiger partial charge in [-0.1, -0.05) is 34.1 Å². The van der Waals surface area contributed by atoms with Crippen LogP contribution in [0.5, 0.6) is 0 Å². The predicted molar refractivity (Wildman–Crippen MR) is 56.4 cm³/mol. The fourth-order valence-corrected chi connectivity index (χ4v) is 1.58. The van der Waals surface area contributed by atoms with Crippen LogP contribution in [-0.4, -0.2) is 12.1 Å². The minimum absolute atomic E-state index is 0.288. The smallest absolute Gasteiger partial charge is 0.106 e. The molecule has 0 aliphatic carbocycles. The highest BCUT2D eigenvalue weighted by atomic mass is 15.0. The third-order valence-electron chi connectivity index (χ3n) is 2.73. The van der Waals surface area contributed by atoms with Gasteiger partial charge in [0.15, 0.2) is 0 Å². The summed E-state index contributed by atoms with van der Waals surface area (Å²) in [6.45, 7) is 9.39. The van der Waals surface area contributed by atoms with Crippen molar-refractivity contribution in [3.05, 3.63) is 0 Å². The Balaban J connectivity index is 4.31. The first kappa shape index (κ1) is 12.4. The Morgan fingerprint density at radius 3 is 2.31 bits per heavy atom. The van der Waals surface area contributed by atoms with Gasteiger partial charge in [-0.2, -0.15) is 5.26 Å². The van der Waals surface area contributed by atoms with Gasteiger partial charge in [-0.3, -0.25) is 5.32 Å². The Morgan fingerprint density at radius 2 is 2.00 bits per heavy atom. The van der Waals surface area contributed by atoms with Crippen molar-refractivity contribution in [1.82, 2.24) is 5.32 Å². The van der Waals surface area contributed by atoms with Gasteiger partial charge in [-0.15, -0.1) is 0 Å². The molecule has 0 fully saturated rings. The average molecular weight is 182 g/mol. The molecule has 1 N–H and O–H groups in total. The Kier molecular flexibility index (Phi) is 5.73. The number of nitriles is 1. The van der Waals surface area contributed by atoms with Gasteiger partial charge >= 0.3 is 0 Å². The van der Waals surface area contributed by atoms with Crippen LogP contribution in [0.4, 0.5) is 0 Å². The van der Waals surface area contributed by atoms with E-state index in [2.05, 4.69) is 39.1 Å². The van der Waals surface area contributed by atoms with Crippen LogP contribution in [0.3, 0.4) is 0 Å². The van der Waals surface area contributed by atoms with Gasteiger partial charge in [0.2, 0.25) is 0 Å². The summed E-state index contributed by atoms with van der Waals surface area (Å²) in [7, 11) is 0. The van der Waals surface area contributed by atoms with E-state index >= 15 is 0 Å². The van der Waals surface area contributed by atoms with E-state index in [1.54, 1.807) is 0 Å². The molecule has 13 heavy (non-hydrogen) atoms. The molecule has 0 aromatic rings. The minimum atomic E-state index is -0.288. The topological polar surface area (TPSA) is 35.8 Å². The SMILES string of the molecule is CCNC(C#N)(CC)CC(C)CC. The molecule has 2 nitrogen and oxygen atoms in total. The Labute approximate surface area is 82.3 Å². The highest BCUT2D eigenvalue weighted by molar-refractivity contribution is 5.06. The molecular formula is C11H22N2. The Bertz CT molecular complexity index is 171. The van der Waals surface area contributed by atoms with Crippen LogP contribution in [-0.2, 0) is 0 Å². The number of nitrogens with zero attached hydrogens (tertiary/aromatic N) is 1. The molecule has 0 rings (SSSR count).